The smallest absolute Gasteiger partial charge is 0.321 e. The normalized spacial score (nSPS) is 16.7. The Hall–Kier alpha value is -1.63. The molecule has 1 saturated heterocycles. The predicted molar refractivity (Wildman–Crippen MR) is 77.8 cm³/mol. The first-order valence-electron chi connectivity index (χ1n) is 7.41. The molecule has 0 spiro atoms. The average Bonchev–Trinajstić information content (AvgIpc) is 2.36. The molecule has 0 aliphatic carbocycles. The number of carbonyl (C=O) groups excluding carboxylic acids is 2. The van der Waals surface area contributed by atoms with Crippen LogP contribution in [0.3, 0.4) is 0 Å². The number of carbonyl (C=O) groups is 3. The van der Waals surface area contributed by atoms with Gasteiger partial charge in [0.25, 0.3) is 0 Å². The van der Waals surface area contributed by atoms with Crippen LogP contribution in [0.5, 0.6) is 0 Å². The van der Waals surface area contributed by atoms with Crippen LogP contribution in [0.25, 0.3) is 0 Å². The summed E-state index contributed by atoms with van der Waals surface area (Å²) in [4.78, 5) is 35.6. The van der Waals surface area contributed by atoms with Crippen LogP contribution in [0.4, 0.5) is 4.79 Å². The Bertz CT molecular complexity index is 376. The fourth-order valence-electron chi connectivity index (χ4n) is 2.43. The van der Waals surface area contributed by atoms with Crippen LogP contribution in [0.1, 0.15) is 39.5 Å². The number of urea groups is 1. The molecule has 21 heavy (non-hydrogen) atoms. The third-order valence-corrected chi connectivity index (χ3v) is 3.51. The van der Waals surface area contributed by atoms with E-state index >= 15 is 0 Å². The molecule has 1 heterocycles. The molecule has 7 heteroatoms. The fraction of sp³-hybridized carbons (Fsp3) is 0.786. The molecule has 1 aliphatic rings. The molecule has 0 unspecified atom stereocenters. The van der Waals surface area contributed by atoms with Crippen LogP contribution in [0.15, 0.2) is 0 Å². The van der Waals surface area contributed by atoms with Gasteiger partial charge in [-0.25, -0.2) is 4.79 Å². The maximum absolute atomic E-state index is 11.7. The van der Waals surface area contributed by atoms with Gasteiger partial charge in [0, 0.05) is 12.5 Å². The third-order valence-electron chi connectivity index (χ3n) is 3.51. The van der Waals surface area contributed by atoms with E-state index in [2.05, 4.69) is 10.6 Å². The van der Waals surface area contributed by atoms with Gasteiger partial charge in [-0.05, 0) is 52.1 Å². The van der Waals surface area contributed by atoms with Crippen molar-refractivity contribution in [1.29, 1.82) is 0 Å². The highest BCUT2D eigenvalue weighted by molar-refractivity contribution is 5.95. The summed E-state index contributed by atoms with van der Waals surface area (Å²) in [7, 11) is 0. The van der Waals surface area contributed by atoms with Crippen molar-refractivity contribution in [3.8, 4) is 0 Å². The maximum atomic E-state index is 11.7. The summed E-state index contributed by atoms with van der Waals surface area (Å²) >= 11 is 0. The van der Waals surface area contributed by atoms with Crippen LogP contribution in [-0.2, 0) is 9.59 Å². The molecule has 3 N–H and O–H groups in total. The van der Waals surface area contributed by atoms with Gasteiger partial charge in [-0.1, -0.05) is 0 Å². The highest BCUT2D eigenvalue weighted by Gasteiger charge is 2.21. The molecule has 1 rings (SSSR count). The molecule has 0 aromatic rings. The molecule has 3 amide bonds. The number of likely N-dealkylation sites (tertiary alicyclic amines) is 1. The summed E-state index contributed by atoms with van der Waals surface area (Å²) in [6.45, 7) is 5.39. The molecule has 0 aromatic heterocycles. The SMILES string of the molecule is CC(C)NC(=O)NC(=O)CN1CCC(CCC(=O)O)CC1. The number of nitrogens with one attached hydrogen (secondary N) is 2. The number of hydrogen-bond acceptors (Lipinski definition) is 4. The van der Waals surface area contributed by atoms with E-state index in [-0.39, 0.29) is 24.9 Å². The highest BCUT2D eigenvalue weighted by Crippen LogP contribution is 2.21. The summed E-state index contributed by atoms with van der Waals surface area (Å²) < 4.78 is 0. The Balaban J connectivity index is 2.21. The zero-order chi connectivity index (χ0) is 15.8. The third kappa shape index (κ3) is 7.65. The average molecular weight is 299 g/mol. The van der Waals surface area contributed by atoms with Gasteiger partial charge in [-0.2, -0.15) is 0 Å². The summed E-state index contributed by atoms with van der Waals surface area (Å²) in [6.07, 6.45) is 2.71. The van der Waals surface area contributed by atoms with Crippen molar-refractivity contribution in [3.63, 3.8) is 0 Å². The molecular formula is C14H25N3O4. The van der Waals surface area contributed by atoms with Gasteiger partial charge in [0.2, 0.25) is 5.91 Å². The van der Waals surface area contributed by atoms with Gasteiger partial charge in [0.1, 0.15) is 0 Å². The molecule has 1 aliphatic heterocycles. The predicted octanol–water partition coefficient (Wildman–Crippen LogP) is 0.797. The number of piperidine rings is 1. The van der Waals surface area contributed by atoms with E-state index < -0.39 is 12.0 Å². The molecule has 7 nitrogen and oxygen atoms in total. The first kappa shape index (κ1) is 17.4. The van der Waals surface area contributed by atoms with Crippen molar-refractivity contribution in [3.05, 3.63) is 0 Å². The Morgan fingerprint density at radius 3 is 2.38 bits per heavy atom. The van der Waals surface area contributed by atoms with E-state index in [1.165, 1.54) is 0 Å². The number of nitrogens with zero attached hydrogens (tertiary/aromatic N) is 1. The van der Waals surface area contributed by atoms with Crippen LogP contribution >= 0.6 is 0 Å². The van der Waals surface area contributed by atoms with Gasteiger partial charge in [-0.15, -0.1) is 0 Å². The second kappa shape index (κ2) is 8.61. The molecule has 0 aromatic carbocycles. The van der Waals surface area contributed by atoms with E-state index in [4.69, 9.17) is 5.11 Å². The topological polar surface area (TPSA) is 98.7 Å². The minimum atomic E-state index is -0.757. The highest BCUT2D eigenvalue weighted by atomic mass is 16.4. The number of carboxylic acid groups (broad SMARTS) is 1. The van der Waals surface area contributed by atoms with E-state index in [0.717, 1.165) is 25.9 Å². The second-order valence-corrected chi connectivity index (χ2v) is 5.83. The zero-order valence-corrected chi connectivity index (χ0v) is 12.7. The lowest BCUT2D eigenvalue weighted by atomic mass is 9.92. The van der Waals surface area contributed by atoms with Crippen molar-refractivity contribution < 1.29 is 19.5 Å². The molecule has 0 radical (unpaired) electrons. The first-order chi connectivity index (χ1) is 9.86. The van der Waals surface area contributed by atoms with Crippen molar-refractivity contribution in [2.24, 2.45) is 5.92 Å². The largest absolute Gasteiger partial charge is 0.481 e. The van der Waals surface area contributed by atoms with Gasteiger partial charge in [0.15, 0.2) is 0 Å². The van der Waals surface area contributed by atoms with Crippen LogP contribution in [0, 0.1) is 5.92 Å². The standard InChI is InChI=1S/C14H25N3O4/c1-10(2)15-14(21)16-12(18)9-17-7-5-11(6-8-17)3-4-13(19)20/h10-11H,3-9H2,1-2H3,(H,19,20)(H2,15,16,18,21). The zero-order valence-electron chi connectivity index (χ0n) is 12.7. The number of rotatable bonds is 6. The Labute approximate surface area is 125 Å². The van der Waals surface area contributed by atoms with Gasteiger partial charge >= 0.3 is 12.0 Å². The van der Waals surface area contributed by atoms with Gasteiger partial charge in [-0.3, -0.25) is 19.8 Å². The Morgan fingerprint density at radius 2 is 1.86 bits per heavy atom. The van der Waals surface area contributed by atoms with Gasteiger partial charge < -0.3 is 10.4 Å². The summed E-state index contributed by atoms with van der Waals surface area (Å²) in [5.74, 6) is -0.644. The number of carboxylic acids is 1. The van der Waals surface area contributed by atoms with E-state index in [0.29, 0.717) is 12.3 Å². The number of imide groups is 1. The first-order valence-corrected chi connectivity index (χ1v) is 7.41. The van der Waals surface area contributed by atoms with Crippen molar-refractivity contribution in [1.82, 2.24) is 15.5 Å². The minimum absolute atomic E-state index is 0.0113. The fourth-order valence-corrected chi connectivity index (χ4v) is 2.43. The lowest BCUT2D eigenvalue weighted by Gasteiger charge is -2.31. The quantitative estimate of drug-likeness (QED) is 0.674. The monoisotopic (exact) mass is 299 g/mol. The van der Waals surface area contributed by atoms with E-state index in [1.54, 1.807) is 0 Å². The molecule has 0 atom stereocenters. The minimum Gasteiger partial charge on any atom is -0.481 e. The van der Waals surface area contributed by atoms with Crippen molar-refractivity contribution in [2.45, 2.75) is 45.6 Å². The van der Waals surface area contributed by atoms with E-state index in [1.807, 2.05) is 18.7 Å². The van der Waals surface area contributed by atoms with Crippen molar-refractivity contribution >= 4 is 17.9 Å². The van der Waals surface area contributed by atoms with Crippen LogP contribution in [0.2, 0.25) is 0 Å². The maximum Gasteiger partial charge on any atom is 0.321 e. The lowest BCUT2D eigenvalue weighted by molar-refractivity contribution is -0.137. The van der Waals surface area contributed by atoms with E-state index in [9.17, 15) is 14.4 Å². The summed E-state index contributed by atoms with van der Waals surface area (Å²) in [6, 6.07) is -0.478. The van der Waals surface area contributed by atoms with Crippen LogP contribution < -0.4 is 10.6 Å². The summed E-state index contributed by atoms with van der Waals surface area (Å²) in [5.41, 5.74) is 0. The molecular weight excluding hydrogens is 274 g/mol. The molecule has 0 bridgehead atoms. The van der Waals surface area contributed by atoms with Crippen molar-refractivity contribution in [2.75, 3.05) is 19.6 Å². The molecule has 0 saturated carbocycles. The van der Waals surface area contributed by atoms with Crippen LogP contribution in [-0.4, -0.2) is 53.6 Å². The second-order valence-electron chi connectivity index (χ2n) is 5.83. The lowest BCUT2D eigenvalue weighted by Crippen LogP contribution is -2.47. The number of amides is 3. The Morgan fingerprint density at radius 1 is 1.24 bits per heavy atom. The molecule has 120 valence electrons. The van der Waals surface area contributed by atoms with Gasteiger partial charge in [0.05, 0.1) is 6.54 Å². The molecule has 1 fully saturated rings. The Kier molecular flexibility index (Phi) is 7.14. The number of hydrogen-bond donors (Lipinski definition) is 3. The summed E-state index contributed by atoms with van der Waals surface area (Å²) in [5, 5.41) is 13.6. The number of aliphatic carboxylic acids is 1.